The van der Waals surface area contributed by atoms with E-state index in [1.165, 1.54) is 0 Å². The first-order chi connectivity index (χ1) is 13.7. The largest absolute Gasteiger partial charge is 0.379 e. The van der Waals surface area contributed by atoms with E-state index in [2.05, 4.69) is 25.8 Å². The van der Waals surface area contributed by atoms with Gasteiger partial charge in [0.25, 0.3) is 0 Å². The molecule has 0 amide bonds. The van der Waals surface area contributed by atoms with Gasteiger partial charge < -0.3 is 19.2 Å². The highest BCUT2D eigenvalue weighted by Gasteiger charge is 2.24. The van der Waals surface area contributed by atoms with E-state index in [4.69, 9.17) is 19.3 Å². The zero-order valence-corrected chi connectivity index (χ0v) is 16.9. The van der Waals surface area contributed by atoms with Crippen LogP contribution in [0.3, 0.4) is 0 Å². The first-order valence-corrected chi connectivity index (χ1v) is 10.0. The van der Waals surface area contributed by atoms with Gasteiger partial charge in [-0.15, -0.1) is 5.06 Å². The van der Waals surface area contributed by atoms with E-state index >= 15 is 0 Å². The molecule has 0 spiro atoms. The molecule has 2 fully saturated rings. The van der Waals surface area contributed by atoms with Crippen molar-refractivity contribution in [3.8, 4) is 11.3 Å². The summed E-state index contributed by atoms with van der Waals surface area (Å²) in [5, 5.41) is 1.62. The van der Waals surface area contributed by atoms with Crippen LogP contribution in [0, 0.1) is 0 Å². The van der Waals surface area contributed by atoms with E-state index < -0.39 is 5.97 Å². The molecular weight excluding hydrogens is 428 g/mol. The molecule has 0 bridgehead atoms. The second-order valence-electron chi connectivity index (χ2n) is 6.43. The van der Waals surface area contributed by atoms with Gasteiger partial charge in [-0.1, -0.05) is 34.1 Å². The van der Waals surface area contributed by atoms with Gasteiger partial charge in [-0.25, -0.2) is 14.8 Å². The highest BCUT2D eigenvalue weighted by Crippen LogP contribution is 2.30. The minimum Gasteiger partial charge on any atom is -0.379 e. The van der Waals surface area contributed by atoms with Crippen molar-refractivity contribution in [1.29, 1.82) is 0 Å². The first-order valence-electron chi connectivity index (χ1n) is 9.22. The molecule has 0 unspecified atom stereocenters. The van der Waals surface area contributed by atoms with Crippen molar-refractivity contribution in [3.05, 3.63) is 40.5 Å². The van der Waals surface area contributed by atoms with Crippen molar-refractivity contribution in [1.82, 2.24) is 15.0 Å². The minimum absolute atomic E-state index is 0.329. The molecule has 9 heteroatoms. The lowest BCUT2D eigenvalue weighted by Gasteiger charge is -2.28. The summed E-state index contributed by atoms with van der Waals surface area (Å²) >= 11 is 3.56. The van der Waals surface area contributed by atoms with E-state index in [9.17, 15) is 4.79 Å². The maximum atomic E-state index is 12.9. The fraction of sp³-hybridized carbons (Fsp3) is 0.421. The molecule has 28 heavy (non-hydrogen) atoms. The molecule has 1 aromatic heterocycles. The Morgan fingerprint density at radius 3 is 2.43 bits per heavy atom. The van der Waals surface area contributed by atoms with Gasteiger partial charge in [0, 0.05) is 29.3 Å². The van der Waals surface area contributed by atoms with Gasteiger partial charge in [-0.05, 0) is 6.07 Å². The van der Waals surface area contributed by atoms with E-state index in [0.29, 0.717) is 69.8 Å². The molecule has 0 radical (unpaired) electrons. The number of halogens is 1. The third kappa shape index (κ3) is 4.33. The fourth-order valence-electron chi connectivity index (χ4n) is 3.10. The fourth-order valence-corrected chi connectivity index (χ4v) is 3.57. The molecule has 0 aliphatic carbocycles. The Morgan fingerprint density at radius 1 is 1.04 bits per heavy atom. The molecule has 2 saturated heterocycles. The minimum atomic E-state index is -0.471. The highest BCUT2D eigenvalue weighted by molar-refractivity contribution is 9.10. The Hall–Kier alpha value is -2.07. The molecule has 3 heterocycles. The Labute approximate surface area is 171 Å². The van der Waals surface area contributed by atoms with Crippen LogP contribution in [-0.4, -0.2) is 73.6 Å². The maximum Gasteiger partial charge on any atom is 0.360 e. The summed E-state index contributed by atoms with van der Waals surface area (Å²) in [5.74, 6) is 0.109. The number of benzene rings is 1. The van der Waals surface area contributed by atoms with Crippen molar-refractivity contribution in [2.45, 2.75) is 0 Å². The lowest BCUT2D eigenvalue weighted by Crippen LogP contribution is -2.38. The van der Waals surface area contributed by atoms with Crippen LogP contribution in [0.4, 0.5) is 5.95 Å². The van der Waals surface area contributed by atoms with Crippen LogP contribution in [0.2, 0.25) is 0 Å². The number of hydrogen-bond donors (Lipinski definition) is 0. The van der Waals surface area contributed by atoms with Gasteiger partial charge in [-0.2, -0.15) is 0 Å². The SMILES string of the molecule is O=C(ON1CCOCC1)c1cnc(N2CCOCC2)nc1-c1ccccc1Br. The van der Waals surface area contributed by atoms with Crippen LogP contribution in [0.1, 0.15) is 10.4 Å². The van der Waals surface area contributed by atoms with Crippen molar-refractivity contribution in [2.24, 2.45) is 0 Å². The molecular formula is C19H21BrN4O4. The van der Waals surface area contributed by atoms with E-state index in [1.807, 2.05) is 24.3 Å². The zero-order valence-electron chi connectivity index (χ0n) is 15.3. The molecule has 1 aromatic carbocycles. The monoisotopic (exact) mass is 448 g/mol. The van der Waals surface area contributed by atoms with Gasteiger partial charge in [0.05, 0.1) is 45.2 Å². The second-order valence-corrected chi connectivity index (χ2v) is 7.29. The second kappa shape index (κ2) is 8.95. The highest BCUT2D eigenvalue weighted by atomic mass is 79.9. The Kier molecular flexibility index (Phi) is 6.16. The van der Waals surface area contributed by atoms with Gasteiger partial charge in [-0.3, -0.25) is 0 Å². The molecule has 2 aromatic rings. The standard InChI is InChI=1S/C19H21BrN4O4/c20-16-4-2-1-3-14(16)17-15(18(25)28-24-7-11-27-12-8-24)13-21-19(22-17)23-5-9-26-10-6-23/h1-4,13H,5-12H2. The van der Waals surface area contributed by atoms with E-state index in [0.717, 1.165) is 10.0 Å². The zero-order chi connectivity index (χ0) is 19.3. The molecule has 8 nitrogen and oxygen atoms in total. The van der Waals surface area contributed by atoms with E-state index in [1.54, 1.807) is 11.3 Å². The molecule has 2 aliphatic heterocycles. The van der Waals surface area contributed by atoms with Gasteiger partial charge in [0.1, 0.15) is 5.56 Å². The lowest BCUT2D eigenvalue weighted by atomic mass is 10.1. The summed E-state index contributed by atoms with van der Waals surface area (Å²) in [6.45, 7) is 4.86. The third-order valence-corrected chi connectivity index (χ3v) is 5.29. The quantitative estimate of drug-likeness (QED) is 0.703. The summed E-state index contributed by atoms with van der Waals surface area (Å²) in [7, 11) is 0. The Bertz CT molecular complexity index is 838. The number of ether oxygens (including phenoxy) is 2. The molecule has 4 rings (SSSR count). The summed E-state index contributed by atoms with van der Waals surface area (Å²) in [5.41, 5.74) is 1.69. The van der Waals surface area contributed by atoms with Crippen LogP contribution >= 0.6 is 15.9 Å². The lowest BCUT2D eigenvalue weighted by molar-refractivity contribution is -0.150. The van der Waals surface area contributed by atoms with Crippen LogP contribution in [-0.2, 0) is 14.3 Å². The summed E-state index contributed by atoms with van der Waals surface area (Å²) < 4.78 is 11.6. The predicted octanol–water partition coefficient (Wildman–Crippen LogP) is 2.15. The Balaban J connectivity index is 1.68. The number of nitrogens with zero attached hydrogens (tertiary/aromatic N) is 4. The summed E-state index contributed by atoms with van der Waals surface area (Å²) in [6, 6.07) is 7.67. The molecule has 0 N–H and O–H groups in total. The van der Waals surface area contributed by atoms with Gasteiger partial charge >= 0.3 is 5.97 Å². The maximum absolute atomic E-state index is 12.9. The van der Waals surface area contributed by atoms with Crippen molar-refractivity contribution in [2.75, 3.05) is 57.5 Å². The van der Waals surface area contributed by atoms with E-state index in [-0.39, 0.29) is 0 Å². The topological polar surface area (TPSA) is 77.0 Å². The van der Waals surface area contributed by atoms with Crippen LogP contribution in [0.25, 0.3) is 11.3 Å². The number of hydroxylamine groups is 2. The van der Waals surface area contributed by atoms with Crippen molar-refractivity contribution in [3.63, 3.8) is 0 Å². The molecule has 0 saturated carbocycles. The average molecular weight is 449 g/mol. The molecule has 2 aliphatic rings. The molecule has 148 valence electrons. The predicted molar refractivity (Wildman–Crippen MR) is 106 cm³/mol. The van der Waals surface area contributed by atoms with Crippen molar-refractivity contribution >= 4 is 27.8 Å². The number of morpholine rings is 2. The number of aromatic nitrogens is 2. The number of hydrogen-bond acceptors (Lipinski definition) is 8. The van der Waals surface area contributed by atoms with Crippen molar-refractivity contribution < 1.29 is 19.1 Å². The summed E-state index contributed by atoms with van der Waals surface area (Å²) in [4.78, 5) is 29.6. The Morgan fingerprint density at radius 2 is 1.71 bits per heavy atom. The third-order valence-electron chi connectivity index (χ3n) is 4.60. The number of anilines is 1. The average Bonchev–Trinajstić information content (AvgIpc) is 2.75. The van der Waals surface area contributed by atoms with Crippen LogP contribution in [0.5, 0.6) is 0 Å². The number of carbonyl (C=O) groups is 1. The number of rotatable bonds is 4. The summed E-state index contributed by atoms with van der Waals surface area (Å²) in [6.07, 6.45) is 1.55. The van der Waals surface area contributed by atoms with Gasteiger partial charge in [0.2, 0.25) is 5.95 Å². The smallest absolute Gasteiger partial charge is 0.360 e. The normalized spacial score (nSPS) is 18.1. The molecule has 0 atom stereocenters. The van der Waals surface area contributed by atoms with Crippen LogP contribution in [0.15, 0.2) is 34.9 Å². The van der Waals surface area contributed by atoms with Crippen LogP contribution < -0.4 is 4.90 Å². The number of carbonyl (C=O) groups excluding carboxylic acids is 1. The van der Waals surface area contributed by atoms with Gasteiger partial charge in [0.15, 0.2) is 0 Å². The first kappa shape index (κ1) is 19.3.